The standard InChI is InChI=1S/C12H13N5O4/c1-2-13-11-4-3-10(16(18)19)5-9(11)6-15-7-12(14-8-15)17(20)21/h3-5,7-8,13H,2,6H2,1H3. The first-order valence-corrected chi connectivity index (χ1v) is 6.18. The normalized spacial score (nSPS) is 10.3. The van der Waals surface area contributed by atoms with Crippen LogP contribution >= 0.6 is 0 Å². The van der Waals surface area contributed by atoms with Crippen molar-refractivity contribution in [2.75, 3.05) is 11.9 Å². The highest BCUT2D eigenvalue weighted by Gasteiger charge is 2.14. The summed E-state index contributed by atoms with van der Waals surface area (Å²) in [6.07, 6.45) is 2.61. The molecule has 110 valence electrons. The fraction of sp³-hybridized carbons (Fsp3) is 0.250. The van der Waals surface area contributed by atoms with Gasteiger partial charge in [-0.05, 0) is 22.9 Å². The first kappa shape index (κ1) is 14.4. The average Bonchev–Trinajstić information content (AvgIpc) is 2.89. The van der Waals surface area contributed by atoms with Crippen molar-refractivity contribution < 1.29 is 9.85 Å². The summed E-state index contributed by atoms with van der Waals surface area (Å²) in [6, 6.07) is 4.49. The number of benzene rings is 1. The molecule has 0 bridgehead atoms. The fourth-order valence-corrected chi connectivity index (χ4v) is 1.91. The van der Waals surface area contributed by atoms with Crippen molar-refractivity contribution in [3.8, 4) is 0 Å². The molecule has 9 nitrogen and oxygen atoms in total. The maximum absolute atomic E-state index is 10.8. The summed E-state index contributed by atoms with van der Waals surface area (Å²) >= 11 is 0. The smallest absolute Gasteiger partial charge is 0.381 e. The van der Waals surface area contributed by atoms with E-state index in [2.05, 4.69) is 10.3 Å². The molecule has 1 aromatic carbocycles. The van der Waals surface area contributed by atoms with E-state index in [9.17, 15) is 20.2 Å². The molecular formula is C12H13N5O4. The van der Waals surface area contributed by atoms with E-state index in [0.717, 1.165) is 5.69 Å². The molecule has 0 amide bonds. The maximum atomic E-state index is 10.8. The first-order chi connectivity index (χ1) is 10.0. The molecule has 0 aliphatic rings. The van der Waals surface area contributed by atoms with Crippen LogP contribution in [0.25, 0.3) is 0 Å². The molecule has 0 aliphatic heterocycles. The number of rotatable bonds is 6. The second kappa shape index (κ2) is 5.99. The van der Waals surface area contributed by atoms with Gasteiger partial charge < -0.3 is 20.0 Å². The van der Waals surface area contributed by atoms with Crippen molar-refractivity contribution in [3.05, 3.63) is 56.5 Å². The third kappa shape index (κ3) is 3.32. The zero-order valence-corrected chi connectivity index (χ0v) is 11.2. The summed E-state index contributed by atoms with van der Waals surface area (Å²) in [5.41, 5.74) is 1.39. The highest BCUT2D eigenvalue weighted by molar-refractivity contribution is 5.56. The van der Waals surface area contributed by atoms with Crippen LogP contribution in [0.5, 0.6) is 0 Å². The number of aromatic nitrogens is 2. The summed E-state index contributed by atoms with van der Waals surface area (Å²) < 4.78 is 1.51. The molecule has 21 heavy (non-hydrogen) atoms. The van der Waals surface area contributed by atoms with Gasteiger partial charge in [0.05, 0.1) is 11.5 Å². The average molecular weight is 291 g/mol. The van der Waals surface area contributed by atoms with Gasteiger partial charge in [0, 0.05) is 29.9 Å². The van der Waals surface area contributed by atoms with E-state index >= 15 is 0 Å². The van der Waals surface area contributed by atoms with Crippen molar-refractivity contribution >= 4 is 17.2 Å². The Kier molecular flexibility index (Phi) is 4.12. The second-order valence-electron chi connectivity index (χ2n) is 4.29. The molecule has 2 rings (SSSR count). The van der Waals surface area contributed by atoms with Gasteiger partial charge in [-0.25, -0.2) is 0 Å². The highest BCUT2D eigenvalue weighted by Crippen LogP contribution is 2.23. The summed E-state index contributed by atoms with van der Waals surface area (Å²) in [7, 11) is 0. The van der Waals surface area contributed by atoms with Crippen molar-refractivity contribution in [1.29, 1.82) is 0 Å². The lowest BCUT2D eigenvalue weighted by atomic mass is 10.1. The molecule has 0 aliphatic carbocycles. The van der Waals surface area contributed by atoms with Gasteiger partial charge in [0.15, 0.2) is 0 Å². The van der Waals surface area contributed by atoms with E-state index < -0.39 is 9.85 Å². The Labute approximate surface area is 119 Å². The van der Waals surface area contributed by atoms with Crippen LogP contribution in [-0.2, 0) is 6.54 Å². The maximum Gasteiger partial charge on any atom is 0.381 e. The molecule has 0 saturated heterocycles. The quantitative estimate of drug-likeness (QED) is 0.644. The van der Waals surface area contributed by atoms with Gasteiger partial charge in [-0.2, -0.15) is 0 Å². The van der Waals surface area contributed by atoms with Crippen molar-refractivity contribution in [3.63, 3.8) is 0 Å². The van der Waals surface area contributed by atoms with E-state index in [4.69, 9.17) is 0 Å². The molecule has 2 aromatic rings. The van der Waals surface area contributed by atoms with E-state index in [1.54, 1.807) is 6.07 Å². The Morgan fingerprint density at radius 3 is 2.62 bits per heavy atom. The molecule has 0 spiro atoms. The molecule has 9 heteroatoms. The van der Waals surface area contributed by atoms with Gasteiger partial charge in [-0.1, -0.05) is 0 Å². The van der Waals surface area contributed by atoms with Crippen molar-refractivity contribution in [2.45, 2.75) is 13.5 Å². The van der Waals surface area contributed by atoms with Crippen LogP contribution in [0.15, 0.2) is 30.7 Å². The zero-order chi connectivity index (χ0) is 15.4. The first-order valence-electron chi connectivity index (χ1n) is 6.18. The molecule has 0 radical (unpaired) electrons. The van der Waals surface area contributed by atoms with E-state index in [1.807, 2.05) is 6.92 Å². The van der Waals surface area contributed by atoms with Gasteiger partial charge in [-0.15, -0.1) is 0 Å². The Morgan fingerprint density at radius 1 is 1.29 bits per heavy atom. The van der Waals surface area contributed by atoms with Crippen LogP contribution in [0.2, 0.25) is 0 Å². The predicted molar refractivity (Wildman–Crippen MR) is 75.2 cm³/mol. The van der Waals surface area contributed by atoms with E-state index in [-0.39, 0.29) is 18.1 Å². The SMILES string of the molecule is CCNc1ccc([N+](=O)[O-])cc1Cn1cnc([N+](=O)[O-])c1. The Morgan fingerprint density at radius 2 is 2.05 bits per heavy atom. The van der Waals surface area contributed by atoms with Crippen LogP contribution in [0, 0.1) is 20.2 Å². The molecule has 0 saturated carbocycles. The lowest BCUT2D eigenvalue weighted by Crippen LogP contribution is -2.05. The largest absolute Gasteiger partial charge is 0.385 e. The van der Waals surface area contributed by atoms with Gasteiger partial charge in [0.25, 0.3) is 5.69 Å². The van der Waals surface area contributed by atoms with Gasteiger partial charge in [0.1, 0.15) is 6.20 Å². The molecule has 1 heterocycles. The number of nitrogens with one attached hydrogen (secondary N) is 1. The van der Waals surface area contributed by atoms with Crippen LogP contribution in [0.4, 0.5) is 17.2 Å². The Hall–Kier alpha value is -2.97. The third-order valence-electron chi connectivity index (χ3n) is 2.83. The summed E-state index contributed by atoms with van der Waals surface area (Å²) in [6.45, 7) is 2.83. The lowest BCUT2D eigenvalue weighted by molar-refractivity contribution is -0.389. The summed E-state index contributed by atoms with van der Waals surface area (Å²) in [5.74, 6) is -0.259. The lowest BCUT2D eigenvalue weighted by Gasteiger charge is -2.10. The Bertz CT molecular complexity index is 682. The van der Waals surface area contributed by atoms with Crippen LogP contribution in [0.1, 0.15) is 12.5 Å². The minimum atomic E-state index is -0.588. The number of anilines is 1. The number of imidazole rings is 1. The number of nitro groups is 2. The van der Waals surface area contributed by atoms with Gasteiger partial charge >= 0.3 is 5.82 Å². The van der Waals surface area contributed by atoms with Crippen LogP contribution in [-0.4, -0.2) is 25.9 Å². The van der Waals surface area contributed by atoms with Crippen molar-refractivity contribution in [2.24, 2.45) is 0 Å². The van der Waals surface area contributed by atoms with Crippen molar-refractivity contribution in [1.82, 2.24) is 9.55 Å². The van der Waals surface area contributed by atoms with Crippen LogP contribution < -0.4 is 5.32 Å². The van der Waals surface area contributed by atoms with Crippen LogP contribution in [0.3, 0.4) is 0 Å². The Balaban J connectivity index is 2.32. The predicted octanol–water partition coefficient (Wildman–Crippen LogP) is 2.18. The number of hydrogen-bond donors (Lipinski definition) is 1. The minimum Gasteiger partial charge on any atom is -0.385 e. The van der Waals surface area contributed by atoms with E-state index in [1.165, 1.54) is 29.2 Å². The molecule has 1 aromatic heterocycles. The molecule has 0 fully saturated rings. The number of hydrogen-bond acceptors (Lipinski definition) is 6. The van der Waals surface area contributed by atoms with E-state index in [0.29, 0.717) is 12.1 Å². The molecule has 1 N–H and O–H groups in total. The van der Waals surface area contributed by atoms with Gasteiger partial charge in [-0.3, -0.25) is 10.1 Å². The molecule has 0 atom stereocenters. The molecular weight excluding hydrogens is 278 g/mol. The number of non-ortho nitro benzene ring substituents is 1. The fourth-order valence-electron chi connectivity index (χ4n) is 1.91. The highest BCUT2D eigenvalue weighted by atomic mass is 16.6. The zero-order valence-electron chi connectivity index (χ0n) is 11.2. The minimum absolute atomic E-state index is 0.0266. The second-order valence-corrected chi connectivity index (χ2v) is 4.29. The summed E-state index contributed by atoms with van der Waals surface area (Å²) in [4.78, 5) is 24.0. The molecule has 0 unspecified atom stereocenters. The summed E-state index contributed by atoms with van der Waals surface area (Å²) in [5, 5.41) is 24.6. The van der Waals surface area contributed by atoms with Gasteiger partial charge in [0.2, 0.25) is 6.33 Å². The number of nitrogens with zero attached hydrogens (tertiary/aromatic N) is 4. The monoisotopic (exact) mass is 291 g/mol. The topological polar surface area (TPSA) is 116 Å². The number of nitro benzene ring substituents is 1. The third-order valence-corrected chi connectivity index (χ3v) is 2.83.